The van der Waals surface area contributed by atoms with Crippen molar-refractivity contribution in [2.45, 2.75) is 39.2 Å². The Hall–Kier alpha value is -1.51. The summed E-state index contributed by atoms with van der Waals surface area (Å²) in [6.45, 7) is 4.62. The van der Waals surface area contributed by atoms with Crippen LogP contribution in [-0.2, 0) is 0 Å². The van der Waals surface area contributed by atoms with Gasteiger partial charge in [0.2, 0.25) is 5.91 Å². The second-order valence-corrected chi connectivity index (χ2v) is 5.46. The van der Waals surface area contributed by atoms with Gasteiger partial charge < -0.3 is 11.1 Å². The van der Waals surface area contributed by atoms with Crippen LogP contribution in [0.1, 0.15) is 43.5 Å². The lowest BCUT2D eigenvalue weighted by Gasteiger charge is -2.35. The zero-order chi connectivity index (χ0) is 13.1. The molecule has 0 saturated heterocycles. The largest absolute Gasteiger partial charge is 0.382 e. The lowest BCUT2D eigenvalue weighted by Crippen LogP contribution is -2.35. The van der Waals surface area contributed by atoms with Gasteiger partial charge in [0.1, 0.15) is 0 Å². The second kappa shape index (κ2) is 5.42. The van der Waals surface area contributed by atoms with Crippen molar-refractivity contribution in [3.05, 3.63) is 29.8 Å². The minimum absolute atomic E-state index is 0.372. The zero-order valence-corrected chi connectivity index (χ0v) is 11.1. The lowest BCUT2D eigenvalue weighted by atomic mass is 9.78. The SMILES string of the molecule is CC1CCCC(Nc2cccc(C(N)=O)c2)C1C. The van der Waals surface area contributed by atoms with Gasteiger partial charge >= 0.3 is 0 Å². The van der Waals surface area contributed by atoms with Crippen LogP contribution in [0.25, 0.3) is 0 Å². The Bertz CT molecular complexity index is 430. The zero-order valence-electron chi connectivity index (χ0n) is 11.1. The van der Waals surface area contributed by atoms with Gasteiger partial charge in [-0.1, -0.05) is 32.8 Å². The number of nitrogens with one attached hydrogen (secondary N) is 1. The molecule has 0 spiro atoms. The minimum Gasteiger partial charge on any atom is -0.382 e. The fourth-order valence-corrected chi connectivity index (χ4v) is 2.76. The van der Waals surface area contributed by atoms with Gasteiger partial charge in [0.05, 0.1) is 0 Å². The molecule has 1 saturated carbocycles. The predicted octanol–water partition coefficient (Wildman–Crippen LogP) is 3.02. The van der Waals surface area contributed by atoms with Crippen molar-refractivity contribution in [3.8, 4) is 0 Å². The van der Waals surface area contributed by atoms with Crippen LogP contribution in [0.2, 0.25) is 0 Å². The summed E-state index contributed by atoms with van der Waals surface area (Å²) in [6, 6.07) is 7.96. The molecule has 0 aromatic heterocycles. The minimum atomic E-state index is -0.372. The Balaban J connectivity index is 2.08. The molecule has 1 aliphatic carbocycles. The van der Waals surface area contributed by atoms with Crippen molar-refractivity contribution >= 4 is 11.6 Å². The summed E-state index contributed by atoms with van der Waals surface area (Å²) in [6.07, 6.45) is 3.80. The maximum Gasteiger partial charge on any atom is 0.248 e. The Kier molecular flexibility index (Phi) is 3.90. The Labute approximate surface area is 109 Å². The number of hydrogen-bond acceptors (Lipinski definition) is 2. The predicted molar refractivity (Wildman–Crippen MR) is 74.5 cm³/mol. The first-order valence-corrected chi connectivity index (χ1v) is 6.74. The number of anilines is 1. The average molecular weight is 246 g/mol. The summed E-state index contributed by atoms with van der Waals surface area (Å²) in [5.41, 5.74) is 6.86. The van der Waals surface area contributed by atoms with E-state index in [0.717, 1.165) is 11.6 Å². The molecule has 3 heteroatoms. The van der Waals surface area contributed by atoms with Crippen molar-refractivity contribution < 1.29 is 4.79 Å². The monoisotopic (exact) mass is 246 g/mol. The Morgan fingerprint density at radius 2 is 2.11 bits per heavy atom. The van der Waals surface area contributed by atoms with E-state index in [1.807, 2.05) is 18.2 Å². The molecule has 0 heterocycles. The van der Waals surface area contributed by atoms with Gasteiger partial charge in [-0.25, -0.2) is 0 Å². The molecule has 1 aromatic carbocycles. The highest BCUT2D eigenvalue weighted by atomic mass is 16.1. The van der Waals surface area contributed by atoms with Crippen LogP contribution in [0.4, 0.5) is 5.69 Å². The molecule has 1 aliphatic rings. The molecule has 3 atom stereocenters. The van der Waals surface area contributed by atoms with Gasteiger partial charge in [-0.2, -0.15) is 0 Å². The topological polar surface area (TPSA) is 55.1 Å². The number of carbonyl (C=O) groups is 1. The first-order valence-electron chi connectivity index (χ1n) is 6.74. The van der Waals surface area contributed by atoms with Crippen LogP contribution >= 0.6 is 0 Å². The molecule has 2 rings (SSSR count). The molecule has 98 valence electrons. The molecule has 1 aromatic rings. The number of amides is 1. The average Bonchev–Trinajstić information content (AvgIpc) is 2.35. The first-order chi connectivity index (χ1) is 8.58. The number of carbonyl (C=O) groups excluding carboxylic acids is 1. The highest BCUT2D eigenvalue weighted by Gasteiger charge is 2.26. The highest BCUT2D eigenvalue weighted by Crippen LogP contribution is 2.31. The first kappa shape index (κ1) is 12.9. The number of primary amides is 1. The summed E-state index contributed by atoms with van der Waals surface area (Å²) in [5, 5.41) is 3.55. The number of nitrogens with two attached hydrogens (primary N) is 1. The van der Waals surface area contributed by atoms with E-state index in [1.165, 1.54) is 19.3 Å². The van der Waals surface area contributed by atoms with E-state index < -0.39 is 0 Å². The summed E-state index contributed by atoms with van der Waals surface area (Å²) >= 11 is 0. The molecule has 3 N–H and O–H groups in total. The van der Waals surface area contributed by atoms with Gasteiger partial charge in [0.25, 0.3) is 0 Å². The molecule has 1 amide bonds. The fourth-order valence-electron chi connectivity index (χ4n) is 2.76. The summed E-state index contributed by atoms with van der Waals surface area (Å²) in [4.78, 5) is 11.2. The van der Waals surface area contributed by atoms with Gasteiger partial charge in [0, 0.05) is 17.3 Å². The third kappa shape index (κ3) is 2.84. The van der Waals surface area contributed by atoms with E-state index in [4.69, 9.17) is 5.73 Å². The normalized spacial score (nSPS) is 27.8. The van der Waals surface area contributed by atoms with Gasteiger partial charge in [-0.3, -0.25) is 4.79 Å². The Morgan fingerprint density at radius 1 is 1.33 bits per heavy atom. The van der Waals surface area contributed by atoms with Crippen molar-refractivity contribution in [2.75, 3.05) is 5.32 Å². The quantitative estimate of drug-likeness (QED) is 0.861. The van der Waals surface area contributed by atoms with Crippen LogP contribution in [0, 0.1) is 11.8 Å². The van der Waals surface area contributed by atoms with Crippen molar-refractivity contribution in [3.63, 3.8) is 0 Å². The van der Waals surface area contributed by atoms with E-state index in [1.54, 1.807) is 6.07 Å². The molecule has 0 radical (unpaired) electrons. The molecule has 3 unspecified atom stereocenters. The van der Waals surface area contributed by atoms with Gasteiger partial charge in [-0.05, 0) is 36.5 Å². The molecular weight excluding hydrogens is 224 g/mol. The summed E-state index contributed by atoms with van der Waals surface area (Å²) in [7, 11) is 0. The third-order valence-electron chi connectivity index (χ3n) is 4.21. The van der Waals surface area contributed by atoms with Crippen LogP contribution in [0.5, 0.6) is 0 Å². The van der Waals surface area contributed by atoms with Gasteiger partial charge in [0.15, 0.2) is 0 Å². The smallest absolute Gasteiger partial charge is 0.248 e. The molecule has 3 nitrogen and oxygen atoms in total. The van der Waals surface area contributed by atoms with E-state index in [2.05, 4.69) is 19.2 Å². The van der Waals surface area contributed by atoms with Crippen LogP contribution < -0.4 is 11.1 Å². The number of benzene rings is 1. The summed E-state index contributed by atoms with van der Waals surface area (Å²) in [5.74, 6) is 1.05. The number of rotatable bonds is 3. The third-order valence-corrected chi connectivity index (χ3v) is 4.21. The van der Waals surface area contributed by atoms with E-state index in [9.17, 15) is 4.79 Å². The van der Waals surface area contributed by atoms with Crippen LogP contribution in [0.3, 0.4) is 0 Å². The standard InChI is InChI=1S/C15H22N2O/c1-10-5-3-8-14(11(10)2)17-13-7-4-6-12(9-13)15(16)18/h4,6-7,9-11,14,17H,3,5,8H2,1-2H3,(H2,16,18). The number of hydrogen-bond donors (Lipinski definition) is 2. The van der Waals surface area contributed by atoms with Crippen molar-refractivity contribution in [1.82, 2.24) is 0 Å². The van der Waals surface area contributed by atoms with Crippen LogP contribution in [0.15, 0.2) is 24.3 Å². The molecule has 1 fully saturated rings. The Morgan fingerprint density at radius 3 is 2.83 bits per heavy atom. The van der Waals surface area contributed by atoms with Crippen molar-refractivity contribution in [1.29, 1.82) is 0 Å². The van der Waals surface area contributed by atoms with Gasteiger partial charge in [-0.15, -0.1) is 0 Å². The fraction of sp³-hybridized carbons (Fsp3) is 0.533. The molecule has 18 heavy (non-hydrogen) atoms. The van der Waals surface area contributed by atoms with E-state index in [-0.39, 0.29) is 5.91 Å². The highest BCUT2D eigenvalue weighted by molar-refractivity contribution is 5.93. The maximum absolute atomic E-state index is 11.2. The maximum atomic E-state index is 11.2. The van der Waals surface area contributed by atoms with E-state index >= 15 is 0 Å². The summed E-state index contributed by atoms with van der Waals surface area (Å²) < 4.78 is 0. The molecular formula is C15H22N2O. The second-order valence-electron chi connectivity index (χ2n) is 5.46. The van der Waals surface area contributed by atoms with Crippen molar-refractivity contribution in [2.24, 2.45) is 17.6 Å². The van der Waals surface area contributed by atoms with Crippen LogP contribution in [-0.4, -0.2) is 11.9 Å². The van der Waals surface area contributed by atoms with E-state index in [0.29, 0.717) is 17.5 Å². The lowest BCUT2D eigenvalue weighted by molar-refractivity contribution is 0.100. The molecule has 0 aliphatic heterocycles. The molecule has 0 bridgehead atoms.